The number of carbonyl (C=O) groups excluding carboxylic acids is 1. The summed E-state index contributed by atoms with van der Waals surface area (Å²) in [6.07, 6.45) is 2.65. The van der Waals surface area contributed by atoms with Crippen LogP contribution in [0.15, 0.2) is 35.1 Å². The van der Waals surface area contributed by atoms with Gasteiger partial charge in [0.05, 0.1) is 19.5 Å². The number of hydrogen-bond donors (Lipinski definition) is 2. The first-order chi connectivity index (χ1) is 9.08. The lowest BCUT2D eigenvalue weighted by molar-refractivity contribution is 0.102. The number of hydrogen-bond acceptors (Lipinski definition) is 5. The van der Waals surface area contributed by atoms with Crippen LogP contribution in [0.3, 0.4) is 0 Å². The molecule has 0 aliphatic heterocycles. The van der Waals surface area contributed by atoms with Gasteiger partial charge < -0.3 is 15.8 Å². The van der Waals surface area contributed by atoms with Gasteiger partial charge >= 0.3 is 0 Å². The lowest BCUT2D eigenvalue weighted by atomic mass is 10.3. The van der Waals surface area contributed by atoms with Crippen molar-refractivity contribution < 1.29 is 9.53 Å². The van der Waals surface area contributed by atoms with E-state index in [9.17, 15) is 4.79 Å². The molecule has 0 atom stereocenters. The molecule has 0 unspecified atom stereocenters. The molecule has 2 aromatic rings. The summed E-state index contributed by atoms with van der Waals surface area (Å²) in [4.78, 5) is 19.6. The summed E-state index contributed by atoms with van der Waals surface area (Å²) in [5, 5.41) is 2.70. The Kier molecular flexibility index (Phi) is 3.96. The van der Waals surface area contributed by atoms with Crippen molar-refractivity contribution >= 4 is 33.3 Å². The van der Waals surface area contributed by atoms with Gasteiger partial charge in [-0.3, -0.25) is 4.79 Å². The van der Waals surface area contributed by atoms with E-state index in [0.717, 1.165) is 4.47 Å². The molecule has 0 aliphatic rings. The normalized spacial score (nSPS) is 10.0. The van der Waals surface area contributed by atoms with E-state index >= 15 is 0 Å². The number of nitrogens with two attached hydrogens (primary N) is 1. The first-order valence-electron chi connectivity index (χ1n) is 5.32. The Morgan fingerprint density at radius 1 is 1.32 bits per heavy atom. The highest BCUT2D eigenvalue weighted by Crippen LogP contribution is 2.24. The summed E-state index contributed by atoms with van der Waals surface area (Å²) in [6, 6.07) is 5.25. The molecule has 0 spiro atoms. The molecule has 0 bridgehead atoms. The van der Waals surface area contributed by atoms with E-state index in [1.54, 1.807) is 25.3 Å². The lowest BCUT2D eigenvalue weighted by Crippen LogP contribution is -2.14. The Bertz CT molecular complexity index is 601. The molecule has 1 heterocycles. The third kappa shape index (κ3) is 3.41. The minimum Gasteiger partial charge on any atom is -0.497 e. The van der Waals surface area contributed by atoms with Gasteiger partial charge in [-0.15, -0.1) is 0 Å². The number of aromatic nitrogens is 2. The summed E-state index contributed by atoms with van der Waals surface area (Å²) in [7, 11) is 1.55. The Balaban J connectivity index is 2.18. The fraction of sp³-hybridized carbons (Fsp3) is 0.0833. The summed E-state index contributed by atoms with van der Waals surface area (Å²) in [5.41, 5.74) is 6.19. The SMILES string of the molecule is COc1cc(Br)cc(NC(=O)c2cnc(N)cn2)c1. The number of nitrogens with zero attached hydrogens (tertiary/aromatic N) is 2. The van der Waals surface area contributed by atoms with Crippen molar-refractivity contribution in [3.05, 3.63) is 40.8 Å². The van der Waals surface area contributed by atoms with Crippen LogP contribution in [-0.4, -0.2) is 23.0 Å². The van der Waals surface area contributed by atoms with Gasteiger partial charge in [-0.2, -0.15) is 0 Å². The monoisotopic (exact) mass is 322 g/mol. The molecule has 6 nitrogen and oxygen atoms in total. The summed E-state index contributed by atoms with van der Waals surface area (Å²) < 4.78 is 5.91. The molecule has 1 amide bonds. The number of carbonyl (C=O) groups is 1. The summed E-state index contributed by atoms with van der Waals surface area (Å²) >= 11 is 3.33. The molecule has 0 aliphatic carbocycles. The number of anilines is 2. The number of rotatable bonds is 3. The molecule has 0 saturated carbocycles. The zero-order chi connectivity index (χ0) is 13.8. The molecule has 0 saturated heterocycles. The molecule has 0 fully saturated rings. The topological polar surface area (TPSA) is 90.1 Å². The quantitative estimate of drug-likeness (QED) is 0.902. The largest absolute Gasteiger partial charge is 0.497 e. The van der Waals surface area contributed by atoms with Crippen molar-refractivity contribution in [2.45, 2.75) is 0 Å². The highest BCUT2D eigenvalue weighted by Gasteiger charge is 2.09. The van der Waals surface area contributed by atoms with Gasteiger partial charge in [-0.1, -0.05) is 15.9 Å². The van der Waals surface area contributed by atoms with E-state index in [2.05, 4.69) is 31.2 Å². The molecular weight excluding hydrogens is 312 g/mol. The van der Waals surface area contributed by atoms with Gasteiger partial charge in [0, 0.05) is 16.2 Å². The molecule has 19 heavy (non-hydrogen) atoms. The van der Waals surface area contributed by atoms with Crippen LogP contribution in [-0.2, 0) is 0 Å². The minimum absolute atomic E-state index is 0.188. The number of benzene rings is 1. The maximum atomic E-state index is 11.9. The molecular formula is C12H11BrN4O2. The second kappa shape index (κ2) is 5.66. The smallest absolute Gasteiger partial charge is 0.275 e. The van der Waals surface area contributed by atoms with Crippen LogP contribution >= 0.6 is 15.9 Å². The van der Waals surface area contributed by atoms with Crippen LogP contribution in [0.1, 0.15) is 10.5 Å². The molecule has 2 rings (SSSR count). The van der Waals surface area contributed by atoms with Crippen molar-refractivity contribution in [1.82, 2.24) is 9.97 Å². The number of ether oxygens (including phenoxy) is 1. The molecule has 1 aromatic heterocycles. The predicted octanol–water partition coefficient (Wildman–Crippen LogP) is 2.08. The second-order valence-electron chi connectivity index (χ2n) is 3.66. The van der Waals surface area contributed by atoms with E-state index < -0.39 is 0 Å². The average molecular weight is 323 g/mol. The number of methoxy groups -OCH3 is 1. The van der Waals surface area contributed by atoms with Crippen molar-refractivity contribution in [2.24, 2.45) is 0 Å². The first-order valence-corrected chi connectivity index (χ1v) is 6.11. The van der Waals surface area contributed by atoms with Crippen LogP contribution in [0.4, 0.5) is 11.5 Å². The van der Waals surface area contributed by atoms with Crippen LogP contribution in [0, 0.1) is 0 Å². The van der Waals surface area contributed by atoms with Crippen LogP contribution in [0.5, 0.6) is 5.75 Å². The third-order valence-corrected chi connectivity index (χ3v) is 2.73. The number of amides is 1. The average Bonchev–Trinajstić information content (AvgIpc) is 2.38. The Morgan fingerprint density at radius 3 is 2.74 bits per heavy atom. The Morgan fingerprint density at radius 2 is 2.11 bits per heavy atom. The third-order valence-electron chi connectivity index (χ3n) is 2.27. The number of nitrogens with one attached hydrogen (secondary N) is 1. The zero-order valence-electron chi connectivity index (χ0n) is 10.1. The van der Waals surface area contributed by atoms with E-state index in [1.165, 1.54) is 12.4 Å². The van der Waals surface area contributed by atoms with Gasteiger partial charge in [0.2, 0.25) is 0 Å². The molecule has 1 aromatic carbocycles. The van der Waals surface area contributed by atoms with Crippen LogP contribution < -0.4 is 15.8 Å². The Hall–Kier alpha value is -2.15. The van der Waals surface area contributed by atoms with Crippen molar-refractivity contribution in [3.8, 4) is 5.75 Å². The Labute approximate surface area is 118 Å². The standard InChI is InChI=1S/C12H11BrN4O2/c1-19-9-3-7(13)2-8(4-9)17-12(18)10-5-16-11(14)6-15-10/h2-6H,1H3,(H2,14,16)(H,17,18). The lowest BCUT2D eigenvalue weighted by Gasteiger charge is -2.07. The maximum absolute atomic E-state index is 11.9. The van der Waals surface area contributed by atoms with E-state index in [0.29, 0.717) is 11.4 Å². The highest BCUT2D eigenvalue weighted by molar-refractivity contribution is 9.10. The summed E-state index contributed by atoms with van der Waals surface area (Å²) in [6.45, 7) is 0. The highest BCUT2D eigenvalue weighted by atomic mass is 79.9. The molecule has 0 radical (unpaired) electrons. The van der Waals surface area contributed by atoms with Crippen molar-refractivity contribution in [2.75, 3.05) is 18.2 Å². The van der Waals surface area contributed by atoms with Crippen molar-refractivity contribution in [1.29, 1.82) is 0 Å². The summed E-state index contributed by atoms with van der Waals surface area (Å²) in [5.74, 6) is 0.529. The maximum Gasteiger partial charge on any atom is 0.275 e. The minimum atomic E-state index is -0.368. The molecule has 7 heteroatoms. The fourth-order valence-electron chi connectivity index (χ4n) is 1.40. The van der Waals surface area contributed by atoms with Gasteiger partial charge in [-0.05, 0) is 12.1 Å². The fourth-order valence-corrected chi connectivity index (χ4v) is 1.88. The van der Waals surface area contributed by atoms with E-state index in [-0.39, 0.29) is 17.4 Å². The second-order valence-corrected chi connectivity index (χ2v) is 4.58. The van der Waals surface area contributed by atoms with Crippen LogP contribution in [0.2, 0.25) is 0 Å². The van der Waals surface area contributed by atoms with Gasteiger partial charge in [0.1, 0.15) is 17.3 Å². The van der Waals surface area contributed by atoms with E-state index in [4.69, 9.17) is 10.5 Å². The van der Waals surface area contributed by atoms with Crippen molar-refractivity contribution in [3.63, 3.8) is 0 Å². The van der Waals surface area contributed by atoms with Gasteiger partial charge in [0.25, 0.3) is 5.91 Å². The zero-order valence-corrected chi connectivity index (χ0v) is 11.6. The van der Waals surface area contributed by atoms with E-state index in [1.807, 2.05) is 0 Å². The predicted molar refractivity (Wildman–Crippen MR) is 75.1 cm³/mol. The van der Waals surface area contributed by atoms with Gasteiger partial charge in [-0.25, -0.2) is 9.97 Å². The number of halogens is 1. The van der Waals surface area contributed by atoms with Gasteiger partial charge in [0.15, 0.2) is 0 Å². The van der Waals surface area contributed by atoms with Crippen LogP contribution in [0.25, 0.3) is 0 Å². The number of nitrogen functional groups attached to an aromatic ring is 1. The molecule has 3 N–H and O–H groups in total. The first kappa shape index (κ1) is 13.3. The molecule has 98 valence electrons.